The van der Waals surface area contributed by atoms with Gasteiger partial charge in [0.05, 0.1) is 4.90 Å². The molecule has 1 aliphatic heterocycles. The first-order valence-electron chi connectivity index (χ1n) is 7.20. The molecule has 7 heteroatoms. The first-order valence-corrected chi connectivity index (χ1v) is 8.74. The van der Waals surface area contributed by atoms with Crippen LogP contribution < -0.4 is 15.8 Å². The Morgan fingerprint density at radius 1 is 1.29 bits per heavy atom. The summed E-state index contributed by atoms with van der Waals surface area (Å²) in [7, 11) is -1.76. The van der Waals surface area contributed by atoms with E-state index < -0.39 is 10.0 Å². The number of primary sulfonamides is 1. The van der Waals surface area contributed by atoms with Gasteiger partial charge in [0.15, 0.2) is 0 Å². The van der Waals surface area contributed by atoms with E-state index in [1.807, 2.05) is 7.05 Å². The van der Waals surface area contributed by atoms with E-state index in [-0.39, 0.29) is 4.90 Å². The topological polar surface area (TPSA) is 92.7 Å². The molecule has 1 saturated heterocycles. The number of piperidine rings is 1. The highest BCUT2D eigenvalue weighted by atomic mass is 32.2. The van der Waals surface area contributed by atoms with Gasteiger partial charge in [-0.3, -0.25) is 0 Å². The van der Waals surface area contributed by atoms with Gasteiger partial charge in [0, 0.05) is 37.6 Å². The van der Waals surface area contributed by atoms with Crippen molar-refractivity contribution in [2.24, 2.45) is 5.14 Å². The molecule has 0 saturated carbocycles. The second-order valence-electron chi connectivity index (χ2n) is 5.58. The van der Waals surface area contributed by atoms with Crippen LogP contribution in [0.15, 0.2) is 23.1 Å². The van der Waals surface area contributed by atoms with Gasteiger partial charge in [-0.2, -0.15) is 0 Å². The van der Waals surface area contributed by atoms with Gasteiger partial charge >= 0.3 is 0 Å². The standard InChI is InChI=1S/C14H24N4O2S/c1-3-18-6-4-12(5-7-18)17(2)13-8-11(15)9-14(10-13)21(16,19)20/h8-10,12H,3-7,15H2,1-2H3,(H2,16,19,20). The van der Waals surface area contributed by atoms with Gasteiger partial charge in [-0.05, 0) is 37.6 Å². The zero-order valence-corrected chi connectivity index (χ0v) is 13.4. The van der Waals surface area contributed by atoms with Gasteiger partial charge in [0.1, 0.15) is 0 Å². The molecule has 1 heterocycles. The third kappa shape index (κ3) is 3.87. The van der Waals surface area contributed by atoms with Crippen molar-refractivity contribution >= 4 is 21.4 Å². The molecule has 0 bridgehead atoms. The molecule has 1 aromatic rings. The Hall–Kier alpha value is -1.31. The number of hydrogen-bond acceptors (Lipinski definition) is 5. The highest BCUT2D eigenvalue weighted by molar-refractivity contribution is 7.89. The van der Waals surface area contributed by atoms with Crippen molar-refractivity contribution in [1.29, 1.82) is 0 Å². The van der Waals surface area contributed by atoms with Crippen molar-refractivity contribution in [1.82, 2.24) is 4.90 Å². The molecular formula is C14H24N4O2S. The minimum absolute atomic E-state index is 0.0651. The number of nitrogens with zero attached hydrogens (tertiary/aromatic N) is 2. The smallest absolute Gasteiger partial charge is 0.238 e. The van der Waals surface area contributed by atoms with Crippen molar-refractivity contribution in [2.45, 2.75) is 30.7 Å². The lowest BCUT2D eigenvalue weighted by Gasteiger charge is -2.37. The maximum atomic E-state index is 11.5. The fourth-order valence-corrected chi connectivity index (χ4v) is 3.39. The fourth-order valence-electron chi connectivity index (χ4n) is 2.81. The van der Waals surface area contributed by atoms with Crippen LogP contribution in [0.4, 0.5) is 11.4 Å². The lowest BCUT2D eigenvalue weighted by Crippen LogP contribution is -2.43. The SMILES string of the molecule is CCN1CCC(N(C)c2cc(N)cc(S(N)(=O)=O)c2)CC1. The molecule has 0 amide bonds. The number of nitrogen functional groups attached to an aromatic ring is 1. The summed E-state index contributed by atoms with van der Waals surface area (Å²) < 4.78 is 23.0. The van der Waals surface area contributed by atoms with Crippen LogP contribution in [-0.2, 0) is 10.0 Å². The maximum Gasteiger partial charge on any atom is 0.238 e. The van der Waals surface area contributed by atoms with Crippen molar-refractivity contribution in [3.8, 4) is 0 Å². The summed E-state index contributed by atoms with van der Waals surface area (Å²) in [6, 6.07) is 5.17. The molecule has 1 fully saturated rings. The van der Waals surface area contributed by atoms with Crippen LogP contribution >= 0.6 is 0 Å². The third-order valence-electron chi connectivity index (χ3n) is 4.20. The molecule has 0 unspecified atom stereocenters. The lowest BCUT2D eigenvalue weighted by molar-refractivity contribution is 0.221. The number of likely N-dealkylation sites (tertiary alicyclic amines) is 1. The first kappa shape index (κ1) is 16.1. The number of rotatable bonds is 4. The highest BCUT2D eigenvalue weighted by Gasteiger charge is 2.23. The summed E-state index contributed by atoms with van der Waals surface area (Å²) in [6.07, 6.45) is 2.12. The van der Waals surface area contributed by atoms with Gasteiger partial charge in [-0.1, -0.05) is 6.92 Å². The molecule has 1 aromatic carbocycles. The molecule has 2 rings (SSSR count). The van der Waals surface area contributed by atoms with E-state index in [2.05, 4.69) is 16.7 Å². The van der Waals surface area contributed by atoms with E-state index in [4.69, 9.17) is 10.9 Å². The second kappa shape index (κ2) is 6.21. The van der Waals surface area contributed by atoms with Crippen LogP contribution in [0.2, 0.25) is 0 Å². The van der Waals surface area contributed by atoms with Crippen LogP contribution in [0, 0.1) is 0 Å². The predicted octanol–water partition coefficient (Wildman–Crippen LogP) is 0.837. The molecule has 1 aliphatic rings. The number of nitrogens with two attached hydrogens (primary N) is 2. The average Bonchev–Trinajstić information content (AvgIpc) is 2.45. The zero-order chi connectivity index (χ0) is 15.6. The molecule has 118 valence electrons. The summed E-state index contributed by atoms with van der Waals surface area (Å²) in [5, 5.41) is 5.20. The molecule has 4 N–H and O–H groups in total. The van der Waals surface area contributed by atoms with Crippen molar-refractivity contribution < 1.29 is 8.42 Å². The van der Waals surface area contributed by atoms with Crippen LogP contribution in [0.5, 0.6) is 0 Å². The molecule has 21 heavy (non-hydrogen) atoms. The van der Waals surface area contributed by atoms with Crippen molar-refractivity contribution in [3.63, 3.8) is 0 Å². The summed E-state index contributed by atoms with van der Waals surface area (Å²) in [5.41, 5.74) is 7.02. The lowest BCUT2D eigenvalue weighted by atomic mass is 10.0. The largest absolute Gasteiger partial charge is 0.399 e. The van der Waals surface area contributed by atoms with Gasteiger partial charge in [0.25, 0.3) is 0 Å². The fraction of sp³-hybridized carbons (Fsp3) is 0.571. The van der Waals surface area contributed by atoms with E-state index in [1.54, 1.807) is 12.1 Å². The Balaban J connectivity index is 2.20. The minimum Gasteiger partial charge on any atom is -0.399 e. The van der Waals surface area contributed by atoms with Crippen LogP contribution in [0.25, 0.3) is 0 Å². The summed E-state index contributed by atoms with van der Waals surface area (Å²) in [5.74, 6) is 0. The Morgan fingerprint density at radius 2 is 1.90 bits per heavy atom. The van der Waals surface area contributed by atoms with E-state index in [9.17, 15) is 8.42 Å². The van der Waals surface area contributed by atoms with E-state index in [0.717, 1.165) is 38.2 Å². The van der Waals surface area contributed by atoms with Crippen LogP contribution in [0.3, 0.4) is 0 Å². The van der Waals surface area contributed by atoms with E-state index in [1.165, 1.54) is 6.07 Å². The minimum atomic E-state index is -3.74. The average molecular weight is 312 g/mol. The van der Waals surface area contributed by atoms with E-state index in [0.29, 0.717) is 11.7 Å². The summed E-state index contributed by atoms with van der Waals surface area (Å²) in [6.45, 7) is 5.37. The third-order valence-corrected chi connectivity index (χ3v) is 5.09. The van der Waals surface area contributed by atoms with Gasteiger partial charge in [0.2, 0.25) is 10.0 Å². The zero-order valence-electron chi connectivity index (χ0n) is 12.6. The molecule has 0 radical (unpaired) electrons. The molecule has 6 nitrogen and oxygen atoms in total. The molecule has 0 aromatic heterocycles. The quantitative estimate of drug-likeness (QED) is 0.804. The van der Waals surface area contributed by atoms with Gasteiger partial charge in [-0.25, -0.2) is 13.6 Å². The summed E-state index contributed by atoms with van der Waals surface area (Å²) in [4.78, 5) is 4.59. The molecule has 0 aliphatic carbocycles. The highest BCUT2D eigenvalue weighted by Crippen LogP contribution is 2.26. The monoisotopic (exact) mass is 312 g/mol. The Bertz CT molecular complexity index is 595. The van der Waals surface area contributed by atoms with Crippen molar-refractivity contribution in [3.05, 3.63) is 18.2 Å². The van der Waals surface area contributed by atoms with E-state index >= 15 is 0 Å². The second-order valence-corrected chi connectivity index (χ2v) is 7.14. The number of benzene rings is 1. The van der Waals surface area contributed by atoms with Crippen molar-refractivity contribution in [2.75, 3.05) is 37.3 Å². The van der Waals surface area contributed by atoms with Crippen LogP contribution in [-0.4, -0.2) is 46.0 Å². The maximum absolute atomic E-state index is 11.5. The Kier molecular flexibility index (Phi) is 4.75. The Morgan fingerprint density at radius 3 is 2.43 bits per heavy atom. The normalized spacial score (nSPS) is 17.9. The summed E-state index contributed by atoms with van der Waals surface area (Å²) >= 11 is 0. The predicted molar refractivity (Wildman–Crippen MR) is 85.8 cm³/mol. The Labute approximate surface area is 126 Å². The number of sulfonamides is 1. The number of hydrogen-bond donors (Lipinski definition) is 2. The molecule has 0 atom stereocenters. The van der Waals surface area contributed by atoms with Crippen LogP contribution in [0.1, 0.15) is 19.8 Å². The van der Waals surface area contributed by atoms with Gasteiger partial charge in [-0.15, -0.1) is 0 Å². The first-order chi connectivity index (χ1) is 9.81. The van der Waals surface area contributed by atoms with Gasteiger partial charge < -0.3 is 15.5 Å². The molecule has 0 spiro atoms. The number of anilines is 2. The molecular weight excluding hydrogens is 288 g/mol.